The number of nitrogens with zero attached hydrogens (tertiary/aromatic N) is 1. The van der Waals surface area contributed by atoms with E-state index in [4.69, 9.17) is 18.9 Å². The van der Waals surface area contributed by atoms with Gasteiger partial charge in [-0.1, -0.05) is 6.07 Å². The lowest BCUT2D eigenvalue weighted by molar-refractivity contribution is -0.136. The fourth-order valence-electron chi connectivity index (χ4n) is 3.05. The fraction of sp³-hybridized carbons (Fsp3) is 0.333. The number of hydrogen-bond donors (Lipinski definition) is 0. The number of hydrogen-bond acceptors (Lipinski definition) is 6. The minimum absolute atomic E-state index is 0.193. The Bertz CT molecular complexity index is 912. The van der Waals surface area contributed by atoms with E-state index in [9.17, 15) is 9.59 Å². The summed E-state index contributed by atoms with van der Waals surface area (Å²) in [5.41, 5.74) is 3.13. The molecular weight excluding hydrogens is 362 g/mol. The van der Waals surface area contributed by atoms with Gasteiger partial charge >= 0.3 is 5.97 Å². The average Bonchev–Trinajstić information content (AvgIpc) is 3.26. The first-order valence-corrected chi connectivity index (χ1v) is 8.93. The van der Waals surface area contributed by atoms with Gasteiger partial charge in [-0.25, -0.2) is 4.79 Å². The molecule has 1 aromatic carbocycles. The minimum atomic E-state index is -0.584. The molecule has 0 aliphatic carbocycles. The molecule has 1 aliphatic rings. The summed E-state index contributed by atoms with van der Waals surface area (Å²) in [5.74, 6) is 0.490. The number of rotatable bonds is 8. The number of ketones is 1. The second kappa shape index (κ2) is 8.75. The summed E-state index contributed by atoms with van der Waals surface area (Å²) >= 11 is 0. The monoisotopic (exact) mass is 385 g/mol. The van der Waals surface area contributed by atoms with E-state index in [1.165, 1.54) is 6.08 Å². The van der Waals surface area contributed by atoms with E-state index in [-0.39, 0.29) is 19.2 Å². The van der Waals surface area contributed by atoms with E-state index >= 15 is 0 Å². The molecule has 0 saturated carbocycles. The number of carbonyl (C=O) groups is 2. The van der Waals surface area contributed by atoms with Gasteiger partial charge in [-0.05, 0) is 43.7 Å². The molecule has 7 nitrogen and oxygen atoms in total. The van der Waals surface area contributed by atoms with Crippen LogP contribution in [0.3, 0.4) is 0 Å². The third-order valence-electron chi connectivity index (χ3n) is 4.55. The smallest absolute Gasteiger partial charge is 0.331 e. The molecular formula is C21H23NO6. The van der Waals surface area contributed by atoms with Crippen molar-refractivity contribution in [2.75, 3.05) is 27.1 Å². The summed E-state index contributed by atoms with van der Waals surface area (Å²) in [6, 6.07) is 7.16. The van der Waals surface area contributed by atoms with Gasteiger partial charge in [-0.15, -0.1) is 0 Å². The van der Waals surface area contributed by atoms with Crippen LogP contribution in [-0.2, 0) is 20.8 Å². The molecule has 3 rings (SSSR count). The van der Waals surface area contributed by atoms with Crippen molar-refractivity contribution in [3.8, 4) is 11.5 Å². The van der Waals surface area contributed by atoms with Crippen molar-refractivity contribution in [2.24, 2.45) is 0 Å². The molecule has 0 amide bonds. The van der Waals surface area contributed by atoms with E-state index < -0.39 is 5.97 Å². The Labute approximate surface area is 163 Å². The van der Waals surface area contributed by atoms with E-state index in [1.54, 1.807) is 31.4 Å². The second-order valence-electron chi connectivity index (χ2n) is 6.41. The van der Waals surface area contributed by atoms with Gasteiger partial charge in [-0.3, -0.25) is 4.79 Å². The van der Waals surface area contributed by atoms with Crippen LogP contribution in [0.2, 0.25) is 0 Å². The predicted octanol–water partition coefficient (Wildman–Crippen LogP) is 2.92. The summed E-state index contributed by atoms with van der Waals surface area (Å²) in [6.07, 6.45) is 2.89. The number of aromatic nitrogens is 1. The van der Waals surface area contributed by atoms with Crippen LogP contribution >= 0.6 is 0 Å². The molecule has 0 fully saturated rings. The molecule has 0 N–H and O–H groups in total. The highest BCUT2D eigenvalue weighted by Crippen LogP contribution is 2.32. The van der Waals surface area contributed by atoms with Gasteiger partial charge in [-0.2, -0.15) is 0 Å². The highest BCUT2D eigenvalue weighted by molar-refractivity contribution is 6.00. The first kappa shape index (κ1) is 19.7. The first-order chi connectivity index (χ1) is 13.5. The van der Waals surface area contributed by atoms with Gasteiger partial charge in [0.2, 0.25) is 12.6 Å². The number of methoxy groups -OCH3 is 1. The third-order valence-corrected chi connectivity index (χ3v) is 4.55. The summed E-state index contributed by atoms with van der Waals surface area (Å²) in [5, 5.41) is 0. The van der Waals surface area contributed by atoms with Crippen LogP contribution in [0, 0.1) is 13.8 Å². The Morgan fingerprint density at radius 3 is 2.75 bits per heavy atom. The Morgan fingerprint density at radius 1 is 1.18 bits per heavy atom. The standard InChI is InChI=1S/C21H23NO6/c1-14-10-17(15(2)22(14)8-9-25-3)18(23)12-26-21(24)7-5-16-4-6-19-20(11-16)28-13-27-19/h4-7,10-11H,8-9,12-13H2,1-3H3/b7-5+. The minimum Gasteiger partial charge on any atom is -0.454 e. The van der Waals surface area contributed by atoms with Gasteiger partial charge in [0, 0.05) is 36.7 Å². The van der Waals surface area contributed by atoms with Crippen LogP contribution in [0.25, 0.3) is 6.08 Å². The highest BCUT2D eigenvalue weighted by atomic mass is 16.7. The fourth-order valence-corrected chi connectivity index (χ4v) is 3.05. The number of benzene rings is 1. The second-order valence-corrected chi connectivity index (χ2v) is 6.41. The molecule has 0 spiro atoms. The molecule has 1 aliphatic heterocycles. The zero-order valence-electron chi connectivity index (χ0n) is 16.2. The van der Waals surface area contributed by atoms with Gasteiger partial charge in [0.05, 0.1) is 6.61 Å². The summed E-state index contributed by atoms with van der Waals surface area (Å²) < 4.78 is 22.7. The van der Waals surface area contributed by atoms with Crippen molar-refractivity contribution in [2.45, 2.75) is 20.4 Å². The zero-order chi connectivity index (χ0) is 20.1. The lowest BCUT2D eigenvalue weighted by Crippen LogP contribution is -2.14. The van der Waals surface area contributed by atoms with Gasteiger partial charge in [0.1, 0.15) is 0 Å². The average molecular weight is 385 g/mol. The Kier molecular flexibility index (Phi) is 6.16. The van der Waals surface area contributed by atoms with Crippen LogP contribution in [0.5, 0.6) is 11.5 Å². The molecule has 1 aromatic heterocycles. The molecule has 0 atom stereocenters. The number of fused-ring (bicyclic) bond motifs is 1. The van der Waals surface area contributed by atoms with Crippen LogP contribution < -0.4 is 9.47 Å². The van der Waals surface area contributed by atoms with Crippen molar-refractivity contribution in [3.05, 3.63) is 52.9 Å². The Hall–Kier alpha value is -3.06. The maximum absolute atomic E-state index is 12.4. The third kappa shape index (κ3) is 4.43. The predicted molar refractivity (Wildman–Crippen MR) is 103 cm³/mol. The number of ether oxygens (including phenoxy) is 4. The quantitative estimate of drug-likeness (QED) is 0.395. The number of carbonyl (C=O) groups excluding carboxylic acids is 2. The van der Waals surface area contributed by atoms with Crippen LogP contribution in [-0.4, -0.2) is 43.4 Å². The summed E-state index contributed by atoms with van der Waals surface area (Å²) in [4.78, 5) is 24.4. The molecule has 0 radical (unpaired) electrons. The molecule has 0 saturated heterocycles. The zero-order valence-corrected chi connectivity index (χ0v) is 16.2. The number of aryl methyl sites for hydroxylation is 1. The molecule has 148 valence electrons. The molecule has 2 aromatic rings. The van der Waals surface area contributed by atoms with Crippen molar-refractivity contribution in [3.63, 3.8) is 0 Å². The Balaban J connectivity index is 1.56. The lowest BCUT2D eigenvalue weighted by atomic mass is 10.1. The highest BCUT2D eigenvalue weighted by Gasteiger charge is 2.17. The molecule has 2 heterocycles. The summed E-state index contributed by atoms with van der Waals surface area (Å²) in [6.45, 7) is 4.91. The largest absolute Gasteiger partial charge is 0.454 e. The van der Waals surface area contributed by atoms with Crippen molar-refractivity contribution in [1.82, 2.24) is 4.57 Å². The van der Waals surface area contributed by atoms with E-state index in [1.807, 2.05) is 24.5 Å². The van der Waals surface area contributed by atoms with Crippen molar-refractivity contribution < 1.29 is 28.5 Å². The SMILES string of the molecule is COCCn1c(C)cc(C(=O)COC(=O)/C=C/c2ccc3c(c2)OCO3)c1C. The maximum atomic E-state index is 12.4. The van der Waals surface area contributed by atoms with Crippen molar-refractivity contribution in [1.29, 1.82) is 0 Å². The van der Waals surface area contributed by atoms with Crippen molar-refractivity contribution >= 4 is 17.8 Å². The molecule has 0 bridgehead atoms. The van der Waals surface area contributed by atoms with Gasteiger partial charge < -0.3 is 23.5 Å². The normalized spacial score (nSPS) is 12.5. The first-order valence-electron chi connectivity index (χ1n) is 8.93. The van der Waals surface area contributed by atoms with Gasteiger partial charge in [0.25, 0.3) is 0 Å². The molecule has 0 unspecified atom stereocenters. The van der Waals surface area contributed by atoms with Crippen LogP contribution in [0.1, 0.15) is 27.3 Å². The topological polar surface area (TPSA) is 76.0 Å². The van der Waals surface area contributed by atoms with Crippen LogP contribution in [0.15, 0.2) is 30.3 Å². The number of Topliss-reactive ketones (excluding diaryl/α,β-unsaturated/α-hetero) is 1. The molecule has 28 heavy (non-hydrogen) atoms. The van der Waals surface area contributed by atoms with E-state index in [0.29, 0.717) is 30.2 Å². The molecule has 7 heteroatoms. The van der Waals surface area contributed by atoms with Crippen LogP contribution in [0.4, 0.5) is 0 Å². The van der Waals surface area contributed by atoms with E-state index in [0.717, 1.165) is 17.0 Å². The maximum Gasteiger partial charge on any atom is 0.331 e. The lowest BCUT2D eigenvalue weighted by Gasteiger charge is -2.08. The van der Waals surface area contributed by atoms with E-state index in [2.05, 4.69) is 0 Å². The number of esters is 1. The summed E-state index contributed by atoms with van der Waals surface area (Å²) in [7, 11) is 1.64. The Morgan fingerprint density at radius 2 is 1.96 bits per heavy atom. The van der Waals surface area contributed by atoms with Gasteiger partial charge in [0.15, 0.2) is 18.1 Å².